The Bertz CT molecular complexity index is 521. The predicted molar refractivity (Wildman–Crippen MR) is 58.6 cm³/mol. The van der Waals surface area contributed by atoms with Crippen LogP contribution in [0.3, 0.4) is 0 Å². The van der Waals surface area contributed by atoms with Crippen molar-refractivity contribution in [1.82, 2.24) is 4.98 Å². The summed E-state index contributed by atoms with van der Waals surface area (Å²) in [5.41, 5.74) is 0.275. The van der Waals surface area contributed by atoms with E-state index in [1.807, 2.05) is 6.07 Å². The van der Waals surface area contributed by atoms with Gasteiger partial charge in [-0.25, -0.2) is 4.98 Å². The fourth-order valence-electron chi connectivity index (χ4n) is 1.51. The Morgan fingerprint density at radius 3 is 2.81 bits per heavy atom. The van der Waals surface area contributed by atoms with Crippen molar-refractivity contribution in [3.63, 3.8) is 0 Å². The molecule has 1 fully saturated rings. The molecule has 1 aromatic rings. The van der Waals surface area contributed by atoms with Crippen LogP contribution in [0.2, 0.25) is 0 Å². The fraction of sp³-hybridized carbons (Fsp3) is 0.200. The van der Waals surface area contributed by atoms with Crippen molar-refractivity contribution in [3.05, 3.63) is 22.3 Å². The van der Waals surface area contributed by atoms with Crippen LogP contribution < -0.4 is 4.90 Å². The molecule has 0 aliphatic carbocycles. The second-order valence-electron chi connectivity index (χ2n) is 3.33. The molecule has 0 saturated carbocycles. The van der Waals surface area contributed by atoms with E-state index in [2.05, 4.69) is 20.9 Å². The molecule has 2 rings (SSSR count). The highest BCUT2D eigenvalue weighted by Gasteiger charge is 2.30. The van der Waals surface area contributed by atoms with Gasteiger partial charge in [0.2, 0.25) is 5.91 Å². The molecule has 2 heterocycles. The number of aromatic nitrogens is 1. The topological polar surface area (TPSA) is 74.1 Å². The number of hydrogen-bond acceptors (Lipinski definition) is 4. The molecule has 1 aliphatic heterocycles. The number of nitrogens with zero attached hydrogens (tertiary/aromatic N) is 3. The molecule has 0 aromatic carbocycles. The molecule has 0 unspecified atom stereocenters. The first-order valence-corrected chi connectivity index (χ1v) is 5.29. The van der Waals surface area contributed by atoms with Crippen LogP contribution in [0.4, 0.5) is 5.82 Å². The number of rotatable bonds is 1. The van der Waals surface area contributed by atoms with E-state index in [1.54, 1.807) is 6.07 Å². The third kappa shape index (κ3) is 1.82. The molecule has 80 valence electrons. The van der Waals surface area contributed by atoms with Crippen LogP contribution in [0.15, 0.2) is 16.7 Å². The molecule has 1 saturated heterocycles. The highest BCUT2D eigenvalue weighted by atomic mass is 79.9. The van der Waals surface area contributed by atoms with Crippen LogP contribution in [-0.2, 0) is 9.59 Å². The van der Waals surface area contributed by atoms with E-state index in [4.69, 9.17) is 5.26 Å². The minimum Gasteiger partial charge on any atom is -0.297 e. The molecular weight excluding hydrogens is 274 g/mol. The van der Waals surface area contributed by atoms with Gasteiger partial charge >= 0.3 is 0 Å². The van der Waals surface area contributed by atoms with Gasteiger partial charge in [0.1, 0.15) is 6.07 Å². The van der Waals surface area contributed by atoms with E-state index in [0.29, 0.717) is 4.47 Å². The standard InChI is InChI=1S/C10H6BrN3O2/c11-7-1-6(3-12)10(13-4-7)14-5-8(15)2-9(14)16/h1,4H,2,5H2. The third-order valence-corrected chi connectivity index (χ3v) is 2.63. The summed E-state index contributed by atoms with van der Waals surface area (Å²) >= 11 is 3.19. The van der Waals surface area contributed by atoms with Crippen LogP contribution >= 0.6 is 15.9 Å². The Hall–Kier alpha value is -1.74. The number of amides is 1. The quantitative estimate of drug-likeness (QED) is 0.720. The van der Waals surface area contributed by atoms with Crippen LogP contribution in [0.5, 0.6) is 0 Å². The molecular formula is C10H6BrN3O2. The Labute approximate surface area is 99.8 Å². The average Bonchev–Trinajstić information content (AvgIpc) is 2.57. The molecule has 0 N–H and O–H groups in total. The van der Waals surface area contributed by atoms with Gasteiger partial charge in [-0.15, -0.1) is 0 Å². The number of anilines is 1. The SMILES string of the molecule is N#Cc1cc(Br)cnc1N1CC(=O)CC1=O. The molecule has 1 aliphatic rings. The fourth-order valence-corrected chi connectivity index (χ4v) is 1.84. The Morgan fingerprint density at radius 2 is 2.25 bits per heavy atom. The lowest BCUT2D eigenvalue weighted by Crippen LogP contribution is -2.26. The number of carbonyl (C=O) groups is 2. The number of Topliss-reactive ketones (excluding diaryl/α,β-unsaturated/α-hetero) is 1. The minimum atomic E-state index is -0.309. The highest BCUT2D eigenvalue weighted by molar-refractivity contribution is 9.10. The van der Waals surface area contributed by atoms with Gasteiger partial charge in [0.15, 0.2) is 11.6 Å². The first kappa shape index (κ1) is 10.8. The van der Waals surface area contributed by atoms with Crippen molar-refractivity contribution in [1.29, 1.82) is 5.26 Å². The van der Waals surface area contributed by atoms with E-state index in [0.717, 1.165) is 0 Å². The van der Waals surface area contributed by atoms with Gasteiger partial charge < -0.3 is 0 Å². The van der Waals surface area contributed by atoms with E-state index in [9.17, 15) is 9.59 Å². The normalized spacial score (nSPS) is 15.4. The zero-order valence-corrected chi connectivity index (χ0v) is 9.69. The summed E-state index contributed by atoms with van der Waals surface area (Å²) in [6.07, 6.45) is 1.38. The molecule has 5 nitrogen and oxygen atoms in total. The van der Waals surface area contributed by atoms with Gasteiger partial charge in [0, 0.05) is 10.7 Å². The van der Waals surface area contributed by atoms with Gasteiger partial charge in [-0.1, -0.05) is 0 Å². The highest BCUT2D eigenvalue weighted by Crippen LogP contribution is 2.23. The summed E-state index contributed by atoms with van der Waals surface area (Å²) in [7, 11) is 0. The van der Waals surface area contributed by atoms with Crippen molar-refractivity contribution in [2.45, 2.75) is 6.42 Å². The van der Waals surface area contributed by atoms with E-state index in [-0.39, 0.29) is 36.0 Å². The second-order valence-corrected chi connectivity index (χ2v) is 4.25. The van der Waals surface area contributed by atoms with Crippen molar-refractivity contribution in [2.24, 2.45) is 0 Å². The predicted octanol–water partition coefficient (Wildman–Crippen LogP) is 1.02. The molecule has 0 bridgehead atoms. The van der Waals surface area contributed by atoms with Crippen LogP contribution in [-0.4, -0.2) is 23.2 Å². The van der Waals surface area contributed by atoms with Crippen molar-refractivity contribution in [2.75, 3.05) is 11.4 Å². The van der Waals surface area contributed by atoms with E-state index >= 15 is 0 Å². The van der Waals surface area contributed by atoms with Gasteiger partial charge in [0.25, 0.3) is 0 Å². The average molecular weight is 280 g/mol. The second kappa shape index (κ2) is 4.02. The summed E-state index contributed by atoms with van der Waals surface area (Å²) in [5.74, 6) is -0.212. The van der Waals surface area contributed by atoms with Gasteiger partial charge in [0.05, 0.1) is 18.5 Å². The molecule has 0 spiro atoms. The summed E-state index contributed by atoms with van der Waals surface area (Å²) in [4.78, 5) is 27.8. The number of ketones is 1. The van der Waals surface area contributed by atoms with E-state index < -0.39 is 0 Å². The Balaban J connectivity index is 2.45. The van der Waals surface area contributed by atoms with Crippen molar-refractivity contribution < 1.29 is 9.59 Å². The number of carbonyl (C=O) groups excluding carboxylic acids is 2. The number of pyridine rings is 1. The molecule has 6 heteroatoms. The lowest BCUT2D eigenvalue weighted by molar-refractivity contribution is -0.121. The molecule has 16 heavy (non-hydrogen) atoms. The van der Waals surface area contributed by atoms with E-state index in [1.165, 1.54) is 11.1 Å². The van der Waals surface area contributed by atoms with Gasteiger partial charge in [-0.3, -0.25) is 14.5 Å². The van der Waals surface area contributed by atoms with Crippen LogP contribution in [0, 0.1) is 11.3 Å². The lowest BCUT2D eigenvalue weighted by atomic mass is 10.2. The lowest BCUT2D eigenvalue weighted by Gasteiger charge is -2.14. The third-order valence-electron chi connectivity index (χ3n) is 2.19. The smallest absolute Gasteiger partial charge is 0.236 e. The summed E-state index contributed by atoms with van der Waals surface area (Å²) in [6.45, 7) is 0.00213. The van der Waals surface area contributed by atoms with Crippen LogP contribution in [0.1, 0.15) is 12.0 Å². The van der Waals surface area contributed by atoms with Crippen molar-refractivity contribution in [3.8, 4) is 6.07 Å². The zero-order valence-electron chi connectivity index (χ0n) is 8.11. The summed E-state index contributed by atoms with van der Waals surface area (Å²) in [6, 6.07) is 3.52. The van der Waals surface area contributed by atoms with Crippen LogP contribution in [0.25, 0.3) is 0 Å². The maximum atomic E-state index is 11.5. The first-order chi connectivity index (χ1) is 7.61. The Morgan fingerprint density at radius 1 is 1.50 bits per heavy atom. The maximum absolute atomic E-state index is 11.5. The summed E-state index contributed by atoms with van der Waals surface area (Å²) in [5, 5.41) is 8.92. The molecule has 1 aromatic heterocycles. The van der Waals surface area contributed by atoms with Crippen molar-refractivity contribution >= 4 is 33.4 Å². The molecule has 1 amide bonds. The Kier molecular flexibility index (Phi) is 2.71. The zero-order chi connectivity index (χ0) is 11.7. The number of hydrogen-bond donors (Lipinski definition) is 0. The monoisotopic (exact) mass is 279 g/mol. The number of halogens is 1. The number of nitriles is 1. The van der Waals surface area contributed by atoms with Gasteiger partial charge in [-0.2, -0.15) is 5.26 Å². The minimum absolute atomic E-state index is 0.00213. The maximum Gasteiger partial charge on any atom is 0.236 e. The molecule has 0 radical (unpaired) electrons. The summed E-state index contributed by atoms with van der Waals surface area (Å²) < 4.78 is 0.658. The van der Waals surface area contributed by atoms with Gasteiger partial charge in [-0.05, 0) is 22.0 Å². The first-order valence-electron chi connectivity index (χ1n) is 4.49. The largest absolute Gasteiger partial charge is 0.297 e. The molecule has 0 atom stereocenters.